The first kappa shape index (κ1) is 17.7. The lowest BCUT2D eigenvalue weighted by atomic mass is 10.2. The number of methoxy groups -OCH3 is 1. The number of benzene rings is 1. The van der Waals surface area contributed by atoms with Crippen molar-refractivity contribution in [3.8, 4) is 17.1 Å². The molecule has 3 rings (SSSR count). The zero-order chi connectivity index (χ0) is 18.6. The normalized spacial score (nSPS) is 11.2. The first-order chi connectivity index (χ1) is 12.4. The number of pyridine rings is 1. The van der Waals surface area contributed by atoms with Gasteiger partial charge in [-0.2, -0.15) is 4.98 Å². The number of hydrogen-bond donors (Lipinski definition) is 1. The van der Waals surface area contributed by atoms with Gasteiger partial charge in [0.2, 0.25) is 5.95 Å². The standard InChI is InChI=1S/C17H17N5O3S/c1-25-15-9-18-7-6-14(15)16-19-11-20-17(22-16)21-13-5-3-4-12(8-13)10-26(2,23)24/h3-9,11H,10H2,1-2H3,(H,19,20,21,22). The minimum absolute atomic E-state index is 0.0286. The van der Waals surface area contributed by atoms with Gasteiger partial charge in [0.1, 0.15) is 12.1 Å². The van der Waals surface area contributed by atoms with E-state index in [2.05, 4.69) is 25.3 Å². The van der Waals surface area contributed by atoms with Crippen molar-refractivity contribution in [2.75, 3.05) is 18.7 Å². The fourth-order valence-corrected chi connectivity index (χ4v) is 3.17. The van der Waals surface area contributed by atoms with Gasteiger partial charge in [0.05, 0.1) is 24.6 Å². The summed E-state index contributed by atoms with van der Waals surface area (Å²) in [5.74, 6) is 1.30. The van der Waals surface area contributed by atoms with Crippen LogP contribution in [0, 0.1) is 0 Å². The van der Waals surface area contributed by atoms with E-state index in [1.165, 1.54) is 12.6 Å². The van der Waals surface area contributed by atoms with Crippen LogP contribution >= 0.6 is 0 Å². The Morgan fingerprint density at radius 2 is 2.04 bits per heavy atom. The highest BCUT2D eigenvalue weighted by Crippen LogP contribution is 2.26. The zero-order valence-corrected chi connectivity index (χ0v) is 15.1. The van der Waals surface area contributed by atoms with E-state index in [0.29, 0.717) is 34.3 Å². The van der Waals surface area contributed by atoms with Gasteiger partial charge in [0.25, 0.3) is 0 Å². The van der Waals surface area contributed by atoms with Crippen molar-refractivity contribution < 1.29 is 13.2 Å². The molecule has 0 atom stereocenters. The highest BCUT2D eigenvalue weighted by molar-refractivity contribution is 7.89. The van der Waals surface area contributed by atoms with E-state index < -0.39 is 9.84 Å². The maximum atomic E-state index is 11.5. The summed E-state index contributed by atoms with van der Waals surface area (Å²) in [6.07, 6.45) is 5.81. The smallest absolute Gasteiger partial charge is 0.230 e. The number of rotatable bonds is 6. The molecule has 1 N–H and O–H groups in total. The average molecular weight is 371 g/mol. The van der Waals surface area contributed by atoms with Crippen LogP contribution in [0.1, 0.15) is 5.56 Å². The highest BCUT2D eigenvalue weighted by Gasteiger charge is 2.10. The number of ether oxygens (including phenoxy) is 1. The number of sulfone groups is 1. The van der Waals surface area contributed by atoms with E-state index in [4.69, 9.17) is 4.74 Å². The van der Waals surface area contributed by atoms with Crippen molar-refractivity contribution in [1.29, 1.82) is 0 Å². The van der Waals surface area contributed by atoms with Crippen molar-refractivity contribution in [2.45, 2.75) is 5.75 Å². The number of aromatic nitrogens is 4. The quantitative estimate of drug-likeness (QED) is 0.703. The van der Waals surface area contributed by atoms with Gasteiger partial charge in [-0.1, -0.05) is 12.1 Å². The molecule has 134 valence electrons. The van der Waals surface area contributed by atoms with Crippen LogP contribution in [0.3, 0.4) is 0 Å². The van der Waals surface area contributed by atoms with Crippen LogP contribution in [0.15, 0.2) is 49.1 Å². The summed E-state index contributed by atoms with van der Waals surface area (Å²) in [5.41, 5.74) is 2.06. The van der Waals surface area contributed by atoms with E-state index in [-0.39, 0.29) is 5.75 Å². The molecule has 0 aliphatic carbocycles. The van der Waals surface area contributed by atoms with Crippen molar-refractivity contribution in [3.05, 3.63) is 54.6 Å². The molecule has 0 amide bonds. The Morgan fingerprint density at radius 1 is 1.19 bits per heavy atom. The fourth-order valence-electron chi connectivity index (χ4n) is 2.38. The molecule has 2 heterocycles. The van der Waals surface area contributed by atoms with Gasteiger partial charge in [-0.15, -0.1) is 0 Å². The molecular weight excluding hydrogens is 354 g/mol. The largest absolute Gasteiger partial charge is 0.494 e. The van der Waals surface area contributed by atoms with Crippen LogP contribution in [0.25, 0.3) is 11.4 Å². The summed E-state index contributed by atoms with van der Waals surface area (Å²) in [5, 5.41) is 3.06. The highest BCUT2D eigenvalue weighted by atomic mass is 32.2. The minimum Gasteiger partial charge on any atom is -0.494 e. The van der Waals surface area contributed by atoms with Gasteiger partial charge in [-0.25, -0.2) is 18.4 Å². The van der Waals surface area contributed by atoms with Crippen LogP contribution in [-0.4, -0.2) is 41.7 Å². The van der Waals surface area contributed by atoms with Crippen LogP contribution in [0.2, 0.25) is 0 Å². The number of hydrogen-bond acceptors (Lipinski definition) is 8. The van der Waals surface area contributed by atoms with Crippen LogP contribution in [0.5, 0.6) is 5.75 Å². The second kappa shape index (κ2) is 7.44. The Labute approximate surface area is 151 Å². The van der Waals surface area contributed by atoms with Crippen LogP contribution in [-0.2, 0) is 15.6 Å². The van der Waals surface area contributed by atoms with Gasteiger partial charge in [0, 0.05) is 18.1 Å². The third kappa shape index (κ3) is 4.51. The summed E-state index contributed by atoms with van der Waals surface area (Å²) >= 11 is 0. The molecule has 0 aliphatic rings. The molecule has 0 saturated heterocycles. The van der Waals surface area contributed by atoms with Gasteiger partial charge < -0.3 is 10.1 Å². The molecular formula is C17H17N5O3S. The Hall–Kier alpha value is -3.07. The third-order valence-corrected chi connectivity index (χ3v) is 4.29. The van der Waals surface area contributed by atoms with E-state index in [9.17, 15) is 8.42 Å². The summed E-state index contributed by atoms with van der Waals surface area (Å²) in [7, 11) is -1.56. The van der Waals surface area contributed by atoms with Crippen molar-refractivity contribution in [1.82, 2.24) is 19.9 Å². The maximum Gasteiger partial charge on any atom is 0.230 e. The monoisotopic (exact) mass is 371 g/mol. The molecule has 1 aromatic carbocycles. The predicted molar refractivity (Wildman–Crippen MR) is 97.9 cm³/mol. The Balaban J connectivity index is 1.87. The lowest BCUT2D eigenvalue weighted by Gasteiger charge is -2.09. The molecule has 3 aromatic rings. The molecule has 26 heavy (non-hydrogen) atoms. The van der Waals surface area contributed by atoms with E-state index in [1.807, 2.05) is 6.07 Å². The number of nitrogens with zero attached hydrogens (tertiary/aromatic N) is 4. The Kier molecular flexibility index (Phi) is 5.08. The molecule has 8 nitrogen and oxygen atoms in total. The van der Waals surface area contributed by atoms with E-state index in [1.54, 1.807) is 43.8 Å². The number of nitrogens with one attached hydrogen (secondary N) is 1. The lowest BCUT2D eigenvalue weighted by molar-refractivity contribution is 0.414. The molecule has 0 fully saturated rings. The summed E-state index contributed by atoms with van der Waals surface area (Å²) in [6.45, 7) is 0. The molecule has 0 aliphatic heterocycles. The number of anilines is 2. The van der Waals surface area contributed by atoms with Crippen molar-refractivity contribution in [3.63, 3.8) is 0 Å². The SMILES string of the molecule is COc1cnccc1-c1ncnc(Nc2cccc(CS(C)(=O)=O)c2)n1. The first-order valence-electron chi connectivity index (χ1n) is 7.66. The average Bonchev–Trinajstić information content (AvgIpc) is 2.61. The molecule has 0 saturated carbocycles. The minimum atomic E-state index is -3.11. The van der Waals surface area contributed by atoms with Crippen molar-refractivity contribution >= 4 is 21.5 Å². The molecule has 0 bridgehead atoms. The van der Waals surface area contributed by atoms with Crippen LogP contribution < -0.4 is 10.1 Å². The van der Waals surface area contributed by atoms with Gasteiger partial charge in [0.15, 0.2) is 15.7 Å². The van der Waals surface area contributed by atoms with E-state index in [0.717, 1.165) is 0 Å². The molecule has 9 heteroatoms. The molecule has 2 aromatic heterocycles. The topological polar surface area (TPSA) is 107 Å². The molecule has 0 unspecified atom stereocenters. The Bertz CT molecular complexity index is 1020. The van der Waals surface area contributed by atoms with Gasteiger partial charge in [-0.3, -0.25) is 4.98 Å². The summed E-state index contributed by atoms with van der Waals surface area (Å²) in [6, 6.07) is 8.84. The summed E-state index contributed by atoms with van der Waals surface area (Å²) in [4.78, 5) is 16.7. The zero-order valence-electron chi connectivity index (χ0n) is 14.2. The van der Waals surface area contributed by atoms with Crippen LogP contribution in [0.4, 0.5) is 11.6 Å². The second-order valence-corrected chi connectivity index (χ2v) is 7.74. The van der Waals surface area contributed by atoms with E-state index >= 15 is 0 Å². The molecule has 0 radical (unpaired) electrons. The van der Waals surface area contributed by atoms with Gasteiger partial charge in [-0.05, 0) is 23.8 Å². The Morgan fingerprint density at radius 3 is 2.81 bits per heavy atom. The fraction of sp³-hybridized carbons (Fsp3) is 0.176. The first-order valence-corrected chi connectivity index (χ1v) is 9.72. The predicted octanol–water partition coefficient (Wildman–Crippen LogP) is 2.23. The summed E-state index contributed by atoms with van der Waals surface area (Å²) < 4.78 is 28.2. The maximum absolute atomic E-state index is 11.5. The molecule has 0 spiro atoms. The second-order valence-electron chi connectivity index (χ2n) is 5.60. The van der Waals surface area contributed by atoms with Crippen molar-refractivity contribution in [2.24, 2.45) is 0 Å². The lowest BCUT2D eigenvalue weighted by Crippen LogP contribution is -2.03. The van der Waals surface area contributed by atoms with Gasteiger partial charge >= 0.3 is 0 Å². The third-order valence-electron chi connectivity index (χ3n) is 3.43.